The molecule has 2 aromatic carbocycles. The molecule has 0 bridgehead atoms. The van der Waals surface area contributed by atoms with Gasteiger partial charge in [-0.25, -0.2) is 13.8 Å². The van der Waals surface area contributed by atoms with Crippen molar-refractivity contribution in [2.24, 2.45) is 5.92 Å². The minimum absolute atomic E-state index is 0.0119. The van der Waals surface area contributed by atoms with E-state index in [-0.39, 0.29) is 40.3 Å². The molecular weight excluding hydrogens is 534 g/mol. The summed E-state index contributed by atoms with van der Waals surface area (Å²) < 4.78 is 37.0. The molecule has 4 N–H and O–H groups in total. The van der Waals surface area contributed by atoms with Gasteiger partial charge >= 0.3 is 0 Å². The van der Waals surface area contributed by atoms with Gasteiger partial charge in [-0.15, -0.1) is 0 Å². The number of ether oxygens (including phenoxy) is 1. The molecule has 5 aromatic rings. The lowest BCUT2D eigenvalue weighted by atomic mass is 10.2. The third-order valence-electron chi connectivity index (χ3n) is 6.46. The third-order valence-corrected chi connectivity index (χ3v) is 6.46. The maximum Gasteiger partial charge on any atom is 0.269 e. The van der Waals surface area contributed by atoms with Gasteiger partial charge in [-0.2, -0.15) is 0 Å². The molecule has 0 saturated heterocycles. The summed E-state index contributed by atoms with van der Waals surface area (Å²) in [6.45, 7) is 0. The number of anilines is 3. The van der Waals surface area contributed by atoms with Crippen LogP contribution in [0.1, 0.15) is 23.2 Å². The van der Waals surface area contributed by atoms with Crippen LogP contribution >= 0.6 is 0 Å². The van der Waals surface area contributed by atoms with Gasteiger partial charge in [0.25, 0.3) is 11.5 Å². The number of nitrogens with two attached hydrogens (primary N) is 1. The summed E-state index contributed by atoms with van der Waals surface area (Å²) in [6.07, 6.45) is 4.98. The van der Waals surface area contributed by atoms with E-state index in [4.69, 9.17) is 10.5 Å². The second-order valence-electron chi connectivity index (χ2n) is 9.51. The number of nitrogens with zero attached hydrogens (tertiary/aromatic N) is 3. The molecule has 1 aliphatic carbocycles. The maximum absolute atomic E-state index is 14.9. The first-order valence-electron chi connectivity index (χ1n) is 12.6. The minimum atomic E-state index is -0.802. The number of hydrogen-bond donors (Lipinski definition) is 3. The van der Waals surface area contributed by atoms with E-state index in [1.807, 2.05) is 0 Å². The Morgan fingerprint density at radius 2 is 1.80 bits per heavy atom. The van der Waals surface area contributed by atoms with Crippen LogP contribution in [0.2, 0.25) is 0 Å². The second-order valence-corrected chi connectivity index (χ2v) is 9.51. The van der Waals surface area contributed by atoms with E-state index in [2.05, 4.69) is 15.6 Å². The Kier molecular flexibility index (Phi) is 6.42. The largest absolute Gasteiger partial charge is 0.453 e. The van der Waals surface area contributed by atoms with E-state index < -0.39 is 23.1 Å². The van der Waals surface area contributed by atoms with Crippen LogP contribution in [0.15, 0.2) is 83.9 Å². The summed E-state index contributed by atoms with van der Waals surface area (Å²) in [5.74, 6) is -1.53. The van der Waals surface area contributed by atoms with Crippen LogP contribution in [0.5, 0.6) is 11.5 Å². The molecule has 41 heavy (non-hydrogen) atoms. The van der Waals surface area contributed by atoms with Gasteiger partial charge < -0.3 is 25.5 Å². The van der Waals surface area contributed by atoms with Crippen molar-refractivity contribution >= 4 is 34.8 Å². The van der Waals surface area contributed by atoms with Gasteiger partial charge in [0.2, 0.25) is 5.91 Å². The number of hydrogen-bond acceptors (Lipinski definition) is 6. The summed E-state index contributed by atoms with van der Waals surface area (Å²) in [7, 11) is 0. The van der Waals surface area contributed by atoms with Crippen LogP contribution in [0.4, 0.5) is 26.1 Å². The number of carbonyl (C=O) groups excluding carboxylic acids is 2. The normalized spacial score (nSPS) is 12.7. The molecule has 0 atom stereocenters. The van der Waals surface area contributed by atoms with Gasteiger partial charge in [0.05, 0.1) is 18.1 Å². The number of imidazole rings is 1. The van der Waals surface area contributed by atoms with E-state index in [0.717, 1.165) is 29.5 Å². The summed E-state index contributed by atoms with van der Waals surface area (Å²) in [4.78, 5) is 42.2. The first-order valence-corrected chi connectivity index (χ1v) is 12.6. The zero-order valence-electron chi connectivity index (χ0n) is 21.3. The van der Waals surface area contributed by atoms with Crippen molar-refractivity contribution in [3.8, 4) is 17.2 Å². The summed E-state index contributed by atoms with van der Waals surface area (Å²) in [5.41, 5.74) is 5.68. The Hall–Kier alpha value is -5.52. The van der Waals surface area contributed by atoms with Crippen LogP contribution in [0.3, 0.4) is 0 Å². The van der Waals surface area contributed by atoms with Crippen molar-refractivity contribution in [2.75, 3.05) is 16.4 Å². The Balaban J connectivity index is 1.17. The van der Waals surface area contributed by atoms with E-state index in [0.29, 0.717) is 17.2 Å². The number of nitrogen functional groups attached to an aromatic ring is 1. The molecule has 10 nitrogen and oxygen atoms in total. The maximum atomic E-state index is 14.9. The number of nitrogens with one attached hydrogen (secondary N) is 2. The third kappa shape index (κ3) is 5.35. The zero-order chi connectivity index (χ0) is 28.7. The Morgan fingerprint density at radius 1 is 0.976 bits per heavy atom. The molecule has 3 heterocycles. The second kappa shape index (κ2) is 10.2. The fourth-order valence-electron chi connectivity index (χ4n) is 4.26. The van der Waals surface area contributed by atoms with Crippen molar-refractivity contribution < 1.29 is 23.1 Å². The van der Waals surface area contributed by atoms with E-state index in [9.17, 15) is 23.2 Å². The Labute approximate surface area is 231 Å². The topological polar surface area (TPSA) is 133 Å². The number of amides is 2. The van der Waals surface area contributed by atoms with Crippen LogP contribution in [-0.4, -0.2) is 25.8 Å². The first kappa shape index (κ1) is 25.7. The summed E-state index contributed by atoms with van der Waals surface area (Å²) in [5, 5.41) is 5.26. The highest BCUT2D eigenvalue weighted by molar-refractivity contribution is 6.04. The quantitative estimate of drug-likeness (QED) is 0.265. The fraction of sp³-hybridized carbons (Fsp3) is 0.103. The van der Waals surface area contributed by atoms with Crippen LogP contribution in [-0.2, 0) is 4.79 Å². The SMILES string of the molecule is Nc1ccc(C(=O)Nc2ccc(Oc3ccc4nc(NC(=O)C5CC5)cn4c3)c(F)c2)c(=O)n1-c1cccc(F)c1. The lowest BCUT2D eigenvalue weighted by Gasteiger charge is -2.12. The van der Waals surface area contributed by atoms with Crippen molar-refractivity contribution in [3.63, 3.8) is 0 Å². The predicted molar refractivity (Wildman–Crippen MR) is 147 cm³/mol. The van der Waals surface area contributed by atoms with Crippen molar-refractivity contribution in [3.05, 3.63) is 107 Å². The number of fused-ring (bicyclic) bond motifs is 1. The van der Waals surface area contributed by atoms with Gasteiger partial charge in [0.1, 0.15) is 28.6 Å². The predicted octanol–water partition coefficient (Wildman–Crippen LogP) is 4.74. The highest BCUT2D eigenvalue weighted by Gasteiger charge is 2.30. The highest BCUT2D eigenvalue weighted by Crippen LogP contribution is 2.31. The number of carbonyl (C=O) groups is 2. The molecule has 1 saturated carbocycles. The van der Waals surface area contributed by atoms with E-state index in [1.165, 1.54) is 42.5 Å². The van der Waals surface area contributed by atoms with Gasteiger partial charge in [-0.1, -0.05) is 6.07 Å². The molecule has 1 fully saturated rings. The van der Waals surface area contributed by atoms with E-state index >= 15 is 0 Å². The molecule has 12 heteroatoms. The zero-order valence-corrected chi connectivity index (χ0v) is 21.3. The molecule has 206 valence electrons. The molecule has 0 spiro atoms. The van der Waals surface area contributed by atoms with Gasteiger partial charge in [0.15, 0.2) is 17.4 Å². The standard InChI is InChI=1S/C29H22F2N6O4/c30-17-2-1-3-19(12-17)37-24(32)10-8-21(29(37)40)28(39)33-18-6-9-23(22(31)13-18)41-20-7-11-26-34-25(15-36(26)14-20)35-27(38)16-4-5-16/h1-3,6-16H,4-5,32H2,(H,33,39)(H,35,38). The minimum Gasteiger partial charge on any atom is -0.453 e. The number of benzene rings is 2. The molecule has 6 rings (SSSR count). The number of halogens is 2. The van der Waals surface area contributed by atoms with Crippen molar-refractivity contribution in [1.29, 1.82) is 0 Å². The molecule has 0 unspecified atom stereocenters. The lowest BCUT2D eigenvalue weighted by molar-refractivity contribution is -0.117. The molecular formula is C29H22F2N6O4. The van der Waals surface area contributed by atoms with E-state index in [1.54, 1.807) is 28.9 Å². The van der Waals surface area contributed by atoms with Crippen LogP contribution in [0, 0.1) is 17.6 Å². The van der Waals surface area contributed by atoms with Crippen molar-refractivity contribution in [1.82, 2.24) is 14.0 Å². The molecule has 0 radical (unpaired) electrons. The number of rotatable bonds is 7. The molecule has 2 amide bonds. The highest BCUT2D eigenvalue weighted by atomic mass is 19.1. The first-order chi connectivity index (χ1) is 19.7. The Morgan fingerprint density at radius 3 is 2.56 bits per heavy atom. The van der Waals surface area contributed by atoms with Crippen LogP contribution in [0.25, 0.3) is 11.3 Å². The molecule has 3 aromatic heterocycles. The van der Waals surface area contributed by atoms with Gasteiger partial charge in [0, 0.05) is 17.7 Å². The molecule has 0 aliphatic heterocycles. The summed E-state index contributed by atoms with van der Waals surface area (Å²) >= 11 is 0. The number of aromatic nitrogens is 3. The smallest absolute Gasteiger partial charge is 0.269 e. The average molecular weight is 557 g/mol. The van der Waals surface area contributed by atoms with Gasteiger partial charge in [-0.05, 0) is 67.4 Å². The van der Waals surface area contributed by atoms with Crippen LogP contribution < -0.4 is 26.7 Å². The molecule has 1 aliphatic rings. The Bertz CT molecular complexity index is 1900. The van der Waals surface area contributed by atoms with Crippen molar-refractivity contribution in [2.45, 2.75) is 12.8 Å². The lowest BCUT2D eigenvalue weighted by Crippen LogP contribution is -2.29. The average Bonchev–Trinajstić information content (AvgIpc) is 3.71. The monoisotopic (exact) mass is 556 g/mol. The fourth-order valence-corrected chi connectivity index (χ4v) is 4.26. The number of pyridine rings is 2. The summed E-state index contributed by atoms with van der Waals surface area (Å²) in [6, 6.07) is 14.9. The van der Waals surface area contributed by atoms with Gasteiger partial charge in [-0.3, -0.25) is 19.0 Å².